The van der Waals surface area contributed by atoms with E-state index >= 15 is 0 Å². The molecule has 0 amide bonds. The van der Waals surface area contributed by atoms with Gasteiger partial charge in [0.05, 0.1) is 10.6 Å². The molecule has 5 heteroatoms. The molecule has 0 aromatic carbocycles. The molecule has 0 aliphatic heterocycles. The molecule has 15 heavy (non-hydrogen) atoms. The molecule has 0 atom stereocenters. The molecular formula is C10H16N4Si. The van der Waals surface area contributed by atoms with Gasteiger partial charge in [0.2, 0.25) is 0 Å². The number of rotatable bonds is 2. The van der Waals surface area contributed by atoms with Crippen LogP contribution in [0, 0.1) is 13.8 Å². The summed E-state index contributed by atoms with van der Waals surface area (Å²) >= 11 is 0. The van der Waals surface area contributed by atoms with Crippen LogP contribution in [0.25, 0.3) is 0 Å². The third-order valence-corrected chi connectivity index (χ3v) is 6.23. The maximum absolute atomic E-state index is 4.37. The van der Waals surface area contributed by atoms with E-state index in [1.165, 1.54) is 21.8 Å². The summed E-state index contributed by atoms with van der Waals surface area (Å²) in [5.41, 5.74) is 2.46. The van der Waals surface area contributed by atoms with Crippen LogP contribution in [0.3, 0.4) is 0 Å². The normalized spacial score (nSPS) is 12.0. The fraction of sp³-hybridized carbons (Fsp3) is 0.400. The Morgan fingerprint density at radius 1 is 0.933 bits per heavy atom. The van der Waals surface area contributed by atoms with Crippen LogP contribution < -0.4 is 10.6 Å². The Morgan fingerprint density at radius 3 is 1.60 bits per heavy atom. The van der Waals surface area contributed by atoms with E-state index < -0.39 is 8.07 Å². The molecule has 2 aromatic rings. The maximum atomic E-state index is 4.37. The average Bonchev–Trinajstić information content (AvgIpc) is 2.73. The summed E-state index contributed by atoms with van der Waals surface area (Å²) in [4.78, 5) is 0. The molecule has 0 unspecified atom stereocenters. The van der Waals surface area contributed by atoms with Crippen molar-refractivity contribution in [1.29, 1.82) is 0 Å². The number of H-pyrrole nitrogens is 2. The van der Waals surface area contributed by atoms with E-state index in [1.54, 1.807) is 0 Å². The van der Waals surface area contributed by atoms with Crippen molar-refractivity contribution in [3.8, 4) is 0 Å². The standard InChI is InChI=1S/C10H16N4Si/c1-7-5-11-13-9(7)15(3,4)10-8(2)6-12-14-10/h5-6H,1-4H3,(H,11,13)(H,12,14). The van der Waals surface area contributed by atoms with Crippen LogP contribution >= 0.6 is 0 Å². The zero-order chi connectivity index (χ0) is 11.1. The highest BCUT2D eigenvalue weighted by Crippen LogP contribution is 2.06. The van der Waals surface area contributed by atoms with Gasteiger partial charge >= 0.3 is 0 Å². The summed E-state index contributed by atoms with van der Waals surface area (Å²) in [6.45, 7) is 8.74. The first-order valence-corrected chi connectivity index (χ1v) is 8.05. The Kier molecular flexibility index (Phi) is 2.26. The number of nitrogens with one attached hydrogen (secondary N) is 2. The van der Waals surface area contributed by atoms with Crippen LogP contribution in [0.2, 0.25) is 13.1 Å². The zero-order valence-electron chi connectivity index (χ0n) is 9.55. The molecule has 2 heterocycles. The second-order valence-corrected chi connectivity index (χ2v) is 8.66. The van der Waals surface area contributed by atoms with E-state index in [2.05, 4.69) is 47.3 Å². The van der Waals surface area contributed by atoms with Crippen molar-refractivity contribution in [3.05, 3.63) is 23.5 Å². The van der Waals surface area contributed by atoms with E-state index in [0.717, 1.165) is 0 Å². The Morgan fingerprint density at radius 2 is 1.33 bits per heavy atom. The molecule has 4 nitrogen and oxygen atoms in total. The van der Waals surface area contributed by atoms with Crippen molar-refractivity contribution < 1.29 is 0 Å². The highest BCUT2D eigenvalue weighted by Gasteiger charge is 2.33. The summed E-state index contributed by atoms with van der Waals surface area (Å²) in [7, 11) is -1.72. The molecule has 0 aliphatic carbocycles. The molecule has 0 radical (unpaired) electrons. The lowest BCUT2D eigenvalue weighted by Gasteiger charge is -2.19. The molecule has 0 spiro atoms. The van der Waals surface area contributed by atoms with Gasteiger partial charge in [-0.3, -0.25) is 10.2 Å². The molecule has 0 saturated heterocycles. The van der Waals surface area contributed by atoms with E-state index in [1.807, 2.05) is 12.4 Å². The molecular weight excluding hydrogens is 204 g/mol. The molecule has 0 aliphatic rings. The van der Waals surface area contributed by atoms with Gasteiger partial charge in [-0.1, -0.05) is 13.1 Å². The van der Waals surface area contributed by atoms with Crippen molar-refractivity contribution >= 4 is 18.7 Å². The fourth-order valence-corrected chi connectivity index (χ4v) is 5.11. The SMILES string of the molecule is Cc1c[nH]nc1[Si](C)(C)c1n[nH]cc1C. The van der Waals surface area contributed by atoms with E-state index in [9.17, 15) is 0 Å². The summed E-state index contributed by atoms with van der Waals surface area (Å²) < 4.78 is 0. The van der Waals surface area contributed by atoms with E-state index in [-0.39, 0.29) is 0 Å². The zero-order valence-corrected chi connectivity index (χ0v) is 10.5. The second kappa shape index (κ2) is 3.34. The highest BCUT2D eigenvalue weighted by atomic mass is 28.3. The van der Waals surface area contributed by atoms with E-state index in [0.29, 0.717) is 0 Å². The Labute approximate surface area is 90.1 Å². The number of hydrogen-bond donors (Lipinski definition) is 2. The van der Waals surface area contributed by atoms with Gasteiger partial charge in [0.25, 0.3) is 0 Å². The van der Waals surface area contributed by atoms with Gasteiger partial charge in [-0.2, -0.15) is 10.2 Å². The summed E-state index contributed by atoms with van der Waals surface area (Å²) in [6.07, 6.45) is 3.90. The monoisotopic (exact) mass is 220 g/mol. The van der Waals surface area contributed by atoms with Crippen LogP contribution in [-0.4, -0.2) is 28.5 Å². The minimum atomic E-state index is -1.72. The molecule has 2 rings (SSSR count). The first-order valence-electron chi connectivity index (χ1n) is 5.05. The van der Waals surface area contributed by atoms with Gasteiger partial charge in [-0.15, -0.1) is 0 Å². The predicted octanol–water partition coefficient (Wildman–Crippen LogP) is 0.572. The number of aryl methyl sites for hydroxylation is 2. The van der Waals surface area contributed by atoms with Crippen LogP contribution in [0.5, 0.6) is 0 Å². The first kappa shape index (κ1) is 10.2. The molecule has 0 fully saturated rings. The highest BCUT2D eigenvalue weighted by molar-refractivity contribution is 6.99. The minimum Gasteiger partial charge on any atom is -0.286 e. The van der Waals surface area contributed by atoms with Gasteiger partial charge in [-0.05, 0) is 25.0 Å². The van der Waals surface area contributed by atoms with Crippen molar-refractivity contribution in [3.63, 3.8) is 0 Å². The van der Waals surface area contributed by atoms with Crippen molar-refractivity contribution in [2.75, 3.05) is 0 Å². The number of aromatic nitrogens is 4. The Bertz CT molecular complexity index is 427. The summed E-state index contributed by atoms with van der Waals surface area (Å²) in [5, 5.41) is 17.0. The molecule has 2 aromatic heterocycles. The molecule has 80 valence electrons. The first-order chi connectivity index (χ1) is 7.03. The van der Waals surface area contributed by atoms with Gasteiger partial charge in [-0.25, -0.2) is 0 Å². The van der Waals surface area contributed by atoms with Crippen LogP contribution in [0.1, 0.15) is 11.1 Å². The van der Waals surface area contributed by atoms with Crippen molar-refractivity contribution in [1.82, 2.24) is 20.4 Å². The largest absolute Gasteiger partial charge is 0.286 e. The van der Waals surface area contributed by atoms with Crippen molar-refractivity contribution in [2.24, 2.45) is 0 Å². The quantitative estimate of drug-likeness (QED) is 0.727. The average molecular weight is 220 g/mol. The number of aromatic amines is 2. The molecule has 2 N–H and O–H groups in total. The van der Waals surface area contributed by atoms with E-state index in [4.69, 9.17) is 0 Å². The van der Waals surface area contributed by atoms with Gasteiger partial charge in [0.15, 0.2) is 8.07 Å². The molecule has 0 saturated carbocycles. The van der Waals surface area contributed by atoms with Gasteiger partial charge < -0.3 is 0 Å². The second-order valence-electron chi connectivity index (χ2n) is 4.46. The lowest BCUT2D eigenvalue weighted by atomic mass is 10.4. The molecule has 0 bridgehead atoms. The number of hydrogen-bond acceptors (Lipinski definition) is 2. The third-order valence-electron chi connectivity index (χ3n) is 2.85. The smallest absolute Gasteiger partial charge is 0.164 e. The maximum Gasteiger partial charge on any atom is 0.164 e. The van der Waals surface area contributed by atoms with Crippen LogP contribution in [0.15, 0.2) is 12.4 Å². The predicted molar refractivity (Wildman–Crippen MR) is 63.4 cm³/mol. The van der Waals surface area contributed by atoms with Crippen molar-refractivity contribution in [2.45, 2.75) is 26.9 Å². The Balaban J connectivity index is 2.53. The summed E-state index contributed by atoms with van der Waals surface area (Å²) in [6, 6.07) is 0. The minimum absolute atomic E-state index is 1.19. The lowest BCUT2D eigenvalue weighted by molar-refractivity contribution is 1.10. The lowest BCUT2D eigenvalue weighted by Crippen LogP contribution is -2.56. The topological polar surface area (TPSA) is 57.4 Å². The van der Waals surface area contributed by atoms with Crippen LogP contribution in [-0.2, 0) is 0 Å². The third kappa shape index (κ3) is 1.52. The fourth-order valence-electron chi connectivity index (χ4n) is 2.08. The van der Waals surface area contributed by atoms with Crippen LogP contribution in [0.4, 0.5) is 0 Å². The van der Waals surface area contributed by atoms with Gasteiger partial charge in [0, 0.05) is 12.4 Å². The van der Waals surface area contributed by atoms with Gasteiger partial charge in [0.1, 0.15) is 0 Å². The summed E-state index contributed by atoms with van der Waals surface area (Å²) in [5.74, 6) is 0. The number of nitrogens with zero attached hydrogens (tertiary/aromatic N) is 2. The Hall–Kier alpha value is -1.36.